The summed E-state index contributed by atoms with van der Waals surface area (Å²) in [6.45, 7) is 4.11. The van der Waals surface area contributed by atoms with Crippen molar-refractivity contribution in [2.75, 3.05) is 12.4 Å². The summed E-state index contributed by atoms with van der Waals surface area (Å²) in [5, 5.41) is 10.9. The molecule has 0 aliphatic rings. The SMILES string of the molecule is Cc1csc2nc(CSCC(C)CO)cc(=O)n12. The molecule has 0 bridgehead atoms. The van der Waals surface area contributed by atoms with Crippen molar-refractivity contribution in [2.24, 2.45) is 5.92 Å². The fourth-order valence-corrected chi connectivity index (χ4v) is 3.47. The van der Waals surface area contributed by atoms with Crippen molar-refractivity contribution in [3.05, 3.63) is 33.2 Å². The van der Waals surface area contributed by atoms with Gasteiger partial charge >= 0.3 is 0 Å². The van der Waals surface area contributed by atoms with Crippen molar-refractivity contribution in [3.8, 4) is 0 Å². The van der Waals surface area contributed by atoms with Gasteiger partial charge in [-0.3, -0.25) is 9.20 Å². The van der Waals surface area contributed by atoms with Gasteiger partial charge in [-0.1, -0.05) is 6.92 Å². The third-order valence-corrected chi connectivity index (χ3v) is 4.84. The van der Waals surface area contributed by atoms with Crippen LogP contribution < -0.4 is 5.56 Å². The minimum atomic E-state index is -0.00967. The number of fused-ring (bicyclic) bond motifs is 1. The van der Waals surface area contributed by atoms with Crippen LogP contribution in [0.4, 0.5) is 0 Å². The second kappa shape index (κ2) is 5.86. The average molecular weight is 284 g/mol. The Hall–Kier alpha value is -0.850. The van der Waals surface area contributed by atoms with Gasteiger partial charge in [-0.2, -0.15) is 11.8 Å². The van der Waals surface area contributed by atoms with Gasteiger partial charge in [0, 0.05) is 29.5 Å². The third-order valence-electron chi connectivity index (χ3n) is 2.59. The summed E-state index contributed by atoms with van der Waals surface area (Å²) < 4.78 is 1.63. The van der Waals surface area contributed by atoms with E-state index in [1.165, 1.54) is 11.3 Å². The topological polar surface area (TPSA) is 54.6 Å². The summed E-state index contributed by atoms with van der Waals surface area (Å²) in [7, 11) is 0. The maximum atomic E-state index is 11.9. The first-order valence-electron chi connectivity index (χ1n) is 5.77. The van der Waals surface area contributed by atoms with Gasteiger partial charge in [-0.15, -0.1) is 11.3 Å². The highest BCUT2D eigenvalue weighted by Gasteiger charge is 2.07. The molecule has 0 amide bonds. The number of hydrogen-bond donors (Lipinski definition) is 1. The number of aliphatic hydroxyl groups is 1. The van der Waals surface area contributed by atoms with E-state index >= 15 is 0 Å². The molecule has 98 valence electrons. The molecule has 0 saturated heterocycles. The lowest BCUT2D eigenvalue weighted by Crippen LogP contribution is -2.15. The van der Waals surface area contributed by atoms with Gasteiger partial charge in [0.15, 0.2) is 4.96 Å². The Morgan fingerprint density at radius 2 is 2.39 bits per heavy atom. The van der Waals surface area contributed by atoms with Crippen LogP contribution >= 0.6 is 23.1 Å². The van der Waals surface area contributed by atoms with E-state index in [-0.39, 0.29) is 18.1 Å². The Morgan fingerprint density at radius 1 is 1.61 bits per heavy atom. The average Bonchev–Trinajstić information content (AvgIpc) is 2.71. The van der Waals surface area contributed by atoms with Crippen molar-refractivity contribution in [3.63, 3.8) is 0 Å². The molecule has 2 rings (SSSR count). The maximum absolute atomic E-state index is 11.9. The molecule has 0 fully saturated rings. The minimum Gasteiger partial charge on any atom is -0.396 e. The summed E-state index contributed by atoms with van der Waals surface area (Å²) in [5.41, 5.74) is 1.74. The Morgan fingerprint density at radius 3 is 3.11 bits per heavy atom. The van der Waals surface area contributed by atoms with E-state index in [9.17, 15) is 4.79 Å². The van der Waals surface area contributed by atoms with Gasteiger partial charge in [0.25, 0.3) is 5.56 Å². The highest BCUT2D eigenvalue weighted by molar-refractivity contribution is 7.98. The van der Waals surface area contributed by atoms with Crippen molar-refractivity contribution < 1.29 is 5.11 Å². The molecular weight excluding hydrogens is 268 g/mol. The fraction of sp³-hybridized carbons (Fsp3) is 0.500. The van der Waals surface area contributed by atoms with Gasteiger partial charge < -0.3 is 5.11 Å². The third kappa shape index (κ3) is 2.93. The molecule has 0 aromatic carbocycles. The van der Waals surface area contributed by atoms with E-state index in [0.717, 1.165) is 22.1 Å². The minimum absolute atomic E-state index is 0.00967. The van der Waals surface area contributed by atoms with Gasteiger partial charge in [0.2, 0.25) is 0 Å². The highest BCUT2D eigenvalue weighted by atomic mass is 32.2. The molecule has 0 spiro atoms. The number of aromatic nitrogens is 2. The molecule has 2 aromatic heterocycles. The number of nitrogens with zero attached hydrogens (tertiary/aromatic N) is 2. The molecule has 18 heavy (non-hydrogen) atoms. The molecule has 1 unspecified atom stereocenters. The van der Waals surface area contributed by atoms with Gasteiger partial charge in [0.05, 0.1) is 5.69 Å². The van der Waals surface area contributed by atoms with Crippen molar-refractivity contribution in [1.29, 1.82) is 0 Å². The van der Waals surface area contributed by atoms with Crippen LogP contribution in [0.15, 0.2) is 16.2 Å². The van der Waals surface area contributed by atoms with Crippen LogP contribution in [0.3, 0.4) is 0 Å². The lowest BCUT2D eigenvalue weighted by Gasteiger charge is -2.06. The molecule has 0 radical (unpaired) electrons. The molecule has 1 N–H and O–H groups in total. The standard InChI is InChI=1S/C12H16N2O2S2/c1-8(4-15)5-17-7-10-3-11(16)14-9(2)6-18-12(14)13-10/h3,6,8,15H,4-5,7H2,1-2H3. The molecule has 6 heteroatoms. The first kappa shape index (κ1) is 13.6. The van der Waals surface area contributed by atoms with Gasteiger partial charge in [-0.25, -0.2) is 4.98 Å². The second-order valence-electron chi connectivity index (χ2n) is 4.38. The van der Waals surface area contributed by atoms with Gasteiger partial charge in [-0.05, 0) is 18.6 Å². The zero-order chi connectivity index (χ0) is 13.1. The van der Waals surface area contributed by atoms with Crippen molar-refractivity contribution in [1.82, 2.24) is 9.38 Å². The number of thioether (sulfide) groups is 1. The Balaban J connectivity index is 2.13. The summed E-state index contributed by atoms with van der Waals surface area (Å²) in [6, 6.07) is 1.60. The lowest BCUT2D eigenvalue weighted by molar-refractivity contribution is 0.250. The molecule has 0 aliphatic heterocycles. The quantitative estimate of drug-likeness (QED) is 0.911. The molecule has 2 aromatic rings. The molecule has 2 heterocycles. The molecule has 4 nitrogen and oxygen atoms in total. The first-order valence-corrected chi connectivity index (χ1v) is 7.80. The van der Waals surface area contributed by atoms with E-state index < -0.39 is 0 Å². The Labute approximate surface area is 114 Å². The molecule has 1 atom stereocenters. The predicted molar refractivity (Wildman–Crippen MR) is 76.5 cm³/mol. The number of aryl methyl sites for hydroxylation is 1. The summed E-state index contributed by atoms with van der Waals surface area (Å²) in [5.74, 6) is 1.87. The van der Waals surface area contributed by atoms with Crippen LogP contribution in [0.25, 0.3) is 4.96 Å². The largest absolute Gasteiger partial charge is 0.396 e. The van der Waals surface area contributed by atoms with Gasteiger partial charge in [0.1, 0.15) is 0 Å². The molecular formula is C12H16N2O2S2. The zero-order valence-corrected chi connectivity index (χ0v) is 12.1. The van der Waals surface area contributed by atoms with Crippen molar-refractivity contribution in [2.45, 2.75) is 19.6 Å². The maximum Gasteiger partial charge on any atom is 0.258 e. The highest BCUT2D eigenvalue weighted by Crippen LogP contribution is 2.16. The smallest absolute Gasteiger partial charge is 0.258 e. The number of hydrogen-bond acceptors (Lipinski definition) is 5. The van der Waals surface area contributed by atoms with Crippen LogP contribution in [-0.2, 0) is 5.75 Å². The Kier molecular flexibility index (Phi) is 4.42. The Bertz CT molecular complexity index is 591. The summed E-state index contributed by atoms with van der Waals surface area (Å²) in [6.07, 6.45) is 0. The second-order valence-corrected chi connectivity index (χ2v) is 6.25. The lowest BCUT2D eigenvalue weighted by atomic mass is 10.2. The number of thiazole rings is 1. The monoisotopic (exact) mass is 284 g/mol. The van der Waals surface area contributed by atoms with E-state index in [4.69, 9.17) is 5.11 Å². The van der Waals surface area contributed by atoms with E-state index in [1.807, 2.05) is 19.2 Å². The van der Waals surface area contributed by atoms with E-state index in [0.29, 0.717) is 5.75 Å². The fourth-order valence-electron chi connectivity index (χ4n) is 1.59. The molecule has 0 saturated carbocycles. The van der Waals surface area contributed by atoms with Crippen LogP contribution in [0.5, 0.6) is 0 Å². The van der Waals surface area contributed by atoms with Crippen LogP contribution in [-0.4, -0.2) is 26.9 Å². The van der Waals surface area contributed by atoms with Crippen LogP contribution in [0.2, 0.25) is 0 Å². The summed E-state index contributed by atoms with van der Waals surface area (Å²) >= 11 is 3.19. The van der Waals surface area contributed by atoms with E-state index in [2.05, 4.69) is 4.98 Å². The van der Waals surface area contributed by atoms with Crippen molar-refractivity contribution >= 4 is 28.1 Å². The normalized spacial score (nSPS) is 13.1. The van der Waals surface area contributed by atoms with E-state index in [1.54, 1.807) is 22.2 Å². The number of aliphatic hydroxyl groups excluding tert-OH is 1. The predicted octanol–water partition coefficient (Wildman–Crippen LogP) is 1.93. The number of rotatable bonds is 5. The van der Waals surface area contributed by atoms with Crippen LogP contribution in [0, 0.1) is 12.8 Å². The zero-order valence-electron chi connectivity index (χ0n) is 10.4. The first-order chi connectivity index (χ1) is 8.61. The van der Waals surface area contributed by atoms with Crippen LogP contribution in [0.1, 0.15) is 18.3 Å². The summed E-state index contributed by atoms with van der Waals surface area (Å²) in [4.78, 5) is 17.1. The molecule has 0 aliphatic carbocycles.